The molecule has 1 fully saturated rings. The molecule has 0 bridgehead atoms. The molecule has 0 amide bonds. The van der Waals surface area contributed by atoms with E-state index in [1.807, 2.05) is 0 Å². The van der Waals surface area contributed by atoms with Crippen LogP contribution in [0.5, 0.6) is 5.75 Å². The average Bonchev–Trinajstić information content (AvgIpc) is 2.94. The quantitative estimate of drug-likeness (QED) is 0.830. The molecule has 0 saturated carbocycles. The molecule has 3 atom stereocenters. The van der Waals surface area contributed by atoms with Crippen molar-refractivity contribution in [2.45, 2.75) is 58.2 Å². The third-order valence-corrected chi connectivity index (χ3v) is 4.70. The minimum Gasteiger partial charge on any atom is -0.497 e. The Morgan fingerprint density at radius 3 is 2.57 bits per heavy atom. The largest absolute Gasteiger partial charge is 0.497 e. The van der Waals surface area contributed by atoms with Crippen LogP contribution in [0.1, 0.15) is 51.6 Å². The summed E-state index contributed by atoms with van der Waals surface area (Å²) in [6, 6.07) is 10.1. The molecular formula is C18H30N2O. The molecule has 1 aliphatic heterocycles. The van der Waals surface area contributed by atoms with E-state index in [9.17, 15) is 0 Å². The summed E-state index contributed by atoms with van der Waals surface area (Å²) < 4.78 is 5.28. The number of methoxy groups -OCH3 is 1. The van der Waals surface area contributed by atoms with E-state index < -0.39 is 0 Å². The molecule has 3 heteroatoms. The van der Waals surface area contributed by atoms with Crippen molar-refractivity contribution in [1.29, 1.82) is 0 Å². The lowest BCUT2D eigenvalue weighted by atomic mass is 9.98. The van der Waals surface area contributed by atoms with Crippen molar-refractivity contribution in [2.75, 3.05) is 20.2 Å². The van der Waals surface area contributed by atoms with Crippen molar-refractivity contribution in [3.63, 3.8) is 0 Å². The molecular weight excluding hydrogens is 260 g/mol. The van der Waals surface area contributed by atoms with Gasteiger partial charge in [-0.2, -0.15) is 0 Å². The minimum absolute atomic E-state index is 0.386. The first-order chi connectivity index (χ1) is 10.2. The van der Waals surface area contributed by atoms with Crippen LogP contribution in [0.4, 0.5) is 0 Å². The first-order valence-corrected chi connectivity index (χ1v) is 8.30. The lowest BCUT2D eigenvalue weighted by Crippen LogP contribution is -2.44. The van der Waals surface area contributed by atoms with Crippen molar-refractivity contribution in [1.82, 2.24) is 10.2 Å². The van der Waals surface area contributed by atoms with Gasteiger partial charge in [0.15, 0.2) is 0 Å². The van der Waals surface area contributed by atoms with Gasteiger partial charge in [-0.1, -0.05) is 19.1 Å². The standard InChI is InChI=1S/C18H30N2O/c1-5-12-19-18(15(3)20-13-6-7-14(20)2)16-8-10-17(21-4)11-9-16/h8-11,14-15,18-19H,5-7,12-13H2,1-4H3. The number of rotatable bonds is 7. The Bertz CT molecular complexity index is 418. The van der Waals surface area contributed by atoms with Crippen LogP contribution in [0.15, 0.2) is 24.3 Å². The Morgan fingerprint density at radius 1 is 1.33 bits per heavy atom. The maximum atomic E-state index is 5.28. The normalized spacial score (nSPS) is 22.2. The van der Waals surface area contributed by atoms with Gasteiger partial charge in [-0.3, -0.25) is 4.90 Å². The van der Waals surface area contributed by atoms with E-state index in [2.05, 4.69) is 55.3 Å². The SMILES string of the molecule is CCCNC(c1ccc(OC)cc1)C(C)N1CCCC1C. The molecule has 1 aromatic carbocycles. The lowest BCUT2D eigenvalue weighted by Gasteiger charge is -2.35. The number of nitrogens with one attached hydrogen (secondary N) is 1. The first kappa shape index (κ1) is 16.3. The molecule has 21 heavy (non-hydrogen) atoms. The summed E-state index contributed by atoms with van der Waals surface area (Å²) in [4.78, 5) is 2.65. The van der Waals surface area contributed by atoms with Gasteiger partial charge >= 0.3 is 0 Å². The number of hydrogen-bond donors (Lipinski definition) is 1. The highest BCUT2D eigenvalue weighted by molar-refractivity contribution is 5.30. The second kappa shape index (κ2) is 7.81. The maximum absolute atomic E-state index is 5.28. The summed E-state index contributed by atoms with van der Waals surface area (Å²) in [5.74, 6) is 0.926. The summed E-state index contributed by atoms with van der Waals surface area (Å²) in [5, 5.41) is 3.74. The van der Waals surface area contributed by atoms with E-state index in [0.717, 1.165) is 18.7 Å². The van der Waals surface area contributed by atoms with Crippen LogP contribution in [-0.4, -0.2) is 37.2 Å². The van der Waals surface area contributed by atoms with E-state index in [1.54, 1.807) is 7.11 Å². The third kappa shape index (κ3) is 3.98. The predicted octanol–water partition coefficient (Wildman–Crippen LogP) is 3.61. The zero-order valence-corrected chi connectivity index (χ0v) is 13.9. The van der Waals surface area contributed by atoms with E-state index >= 15 is 0 Å². The summed E-state index contributed by atoms with van der Waals surface area (Å²) in [6.07, 6.45) is 3.82. The second-order valence-electron chi connectivity index (χ2n) is 6.17. The lowest BCUT2D eigenvalue weighted by molar-refractivity contribution is 0.163. The summed E-state index contributed by atoms with van der Waals surface area (Å²) in [6.45, 7) is 9.22. The molecule has 0 spiro atoms. The van der Waals surface area contributed by atoms with Gasteiger partial charge < -0.3 is 10.1 Å². The van der Waals surface area contributed by atoms with Crippen LogP contribution < -0.4 is 10.1 Å². The molecule has 1 aliphatic rings. The highest BCUT2D eigenvalue weighted by atomic mass is 16.5. The monoisotopic (exact) mass is 290 g/mol. The summed E-state index contributed by atoms with van der Waals surface area (Å²) >= 11 is 0. The van der Waals surface area contributed by atoms with Gasteiger partial charge in [0, 0.05) is 18.1 Å². The fraction of sp³-hybridized carbons (Fsp3) is 0.667. The zero-order chi connectivity index (χ0) is 15.2. The fourth-order valence-corrected chi connectivity index (χ4v) is 3.43. The van der Waals surface area contributed by atoms with Gasteiger partial charge in [0.05, 0.1) is 7.11 Å². The van der Waals surface area contributed by atoms with Crippen molar-refractivity contribution in [2.24, 2.45) is 0 Å². The first-order valence-electron chi connectivity index (χ1n) is 8.30. The number of ether oxygens (including phenoxy) is 1. The van der Waals surface area contributed by atoms with Crippen LogP contribution in [0, 0.1) is 0 Å². The highest BCUT2D eigenvalue weighted by Gasteiger charge is 2.30. The number of likely N-dealkylation sites (tertiary alicyclic amines) is 1. The van der Waals surface area contributed by atoms with Crippen molar-refractivity contribution >= 4 is 0 Å². The van der Waals surface area contributed by atoms with E-state index in [0.29, 0.717) is 18.1 Å². The van der Waals surface area contributed by atoms with E-state index in [1.165, 1.54) is 24.9 Å². The highest BCUT2D eigenvalue weighted by Crippen LogP contribution is 2.28. The Morgan fingerprint density at radius 2 is 2.05 bits per heavy atom. The van der Waals surface area contributed by atoms with Gasteiger partial charge in [-0.15, -0.1) is 0 Å². The fourth-order valence-electron chi connectivity index (χ4n) is 3.43. The van der Waals surface area contributed by atoms with Crippen molar-refractivity contribution in [3.8, 4) is 5.75 Å². The minimum atomic E-state index is 0.386. The predicted molar refractivity (Wildman–Crippen MR) is 88.9 cm³/mol. The van der Waals surface area contributed by atoms with Gasteiger partial charge in [0.25, 0.3) is 0 Å². The molecule has 0 aliphatic carbocycles. The third-order valence-electron chi connectivity index (χ3n) is 4.70. The van der Waals surface area contributed by atoms with Crippen LogP contribution in [0.2, 0.25) is 0 Å². The maximum Gasteiger partial charge on any atom is 0.118 e. The molecule has 2 rings (SSSR count). The van der Waals surface area contributed by atoms with E-state index in [4.69, 9.17) is 4.74 Å². The summed E-state index contributed by atoms with van der Waals surface area (Å²) in [7, 11) is 1.72. The topological polar surface area (TPSA) is 24.5 Å². The molecule has 118 valence electrons. The summed E-state index contributed by atoms with van der Waals surface area (Å²) in [5.41, 5.74) is 1.36. The Kier molecular flexibility index (Phi) is 6.07. The molecule has 0 radical (unpaired) electrons. The number of hydrogen-bond acceptors (Lipinski definition) is 3. The van der Waals surface area contributed by atoms with Crippen LogP contribution in [0.25, 0.3) is 0 Å². The van der Waals surface area contributed by atoms with Crippen LogP contribution in [-0.2, 0) is 0 Å². The van der Waals surface area contributed by atoms with Gasteiger partial charge in [0.2, 0.25) is 0 Å². The van der Waals surface area contributed by atoms with E-state index in [-0.39, 0.29) is 0 Å². The smallest absolute Gasteiger partial charge is 0.118 e. The Hall–Kier alpha value is -1.06. The molecule has 3 nitrogen and oxygen atoms in total. The second-order valence-corrected chi connectivity index (χ2v) is 6.17. The van der Waals surface area contributed by atoms with Crippen LogP contribution in [0.3, 0.4) is 0 Å². The molecule has 1 saturated heterocycles. The molecule has 0 aromatic heterocycles. The number of nitrogens with zero attached hydrogens (tertiary/aromatic N) is 1. The molecule has 1 aromatic rings. The molecule has 3 unspecified atom stereocenters. The zero-order valence-electron chi connectivity index (χ0n) is 13.9. The molecule has 1 heterocycles. The van der Waals surface area contributed by atoms with Crippen LogP contribution >= 0.6 is 0 Å². The number of benzene rings is 1. The van der Waals surface area contributed by atoms with Crippen molar-refractivity contribution in [3.05, 3.63) is 29.8 Å². The van der Waals surface area contributed by atoms with Gasteiger partial charge in [-0.25, -0.2) is 0 Å². The van der Waals surface area contributed by atoms with Gasteiger partial charge in [0.1, 0.15) is 5.75 Å². The Balaban J connectivity index is 2.15. The average molecular weight is 290 g/mol. The van der Waals surface area contributed by atoms with Crippen molar-refractivity contribution < 1.29 is 4.74 Å². The van der Waals surface area contributed by atoms with Gasteiger partial charge in [-0.05, 0) is 63.9 Å². The Labute approximate surface area is 129 Å². The molecule has 1 N–H and O–H groups in total.